The second kappa shape index (κ2) is 11.7. The maximum atomic E-state index is 13.1. The van der Waals surface area contributed by atoms with Crippen molar-refractivity contribution in [1.29, 1.82) is 0 Å². The number of likely N-dealkylation sites (tertiary alicyclic amines) is 1. The van der Waals surface area contributed by atoms with Gasteiger partial charge in [-0.2, -0.15) is 4.31 Å². The molecule has 0 spiro atoms. The number of carbonyl (C=O) groups is 2. The van der Waals surface area contributed by atoms with Gasteiger partial charge in [0, 0.05) is 32.2 Å². The molecule has 0 radical (unpaired) electrons. The third-order valence-corrected chi connectivity index (χ3v) is 8.32. The third kappa shape index (κ3) is 6.53. The number of piperazine rings is 1. The second-order valence-electron chi connectivity index (χ2n) is 8.63. The Bertz CT molecular complexity index is 1080. The zero-order valence-electron chi connectivity index (χ0n) is 19.5. The van der Waals surface area contributed by atoms with Gasteiger partial charge in [-0.25, -0.2) is 18.0 Å². The minimum atomic E-state index is -3.43. The van der Waals surface area contributed by atoms with Crippen molar-refractivity contribution >= 4 is 32.7 Å². The van der Waals surface area contributed by atoms with Gasteiger partial charge in [0.2, 0.25) is 10.0 Å². The first-order valence-electron chi connectivity index (χ1n) is 11.6. The molecular weight excluding hydrogens is 458 g/mol. The number of nitrogens with zero attached hydrogens (tertiary/aromatic N) is 3. The van der Waals surface area contributed by atoms with E-state index >= 15 is 0 Å². The molecule has 0 bridgehead atoms. The molecule has 2 heterocycles. The summed E-state index contributed by atoms with van der Waals surface area (Å²) in [6.45, 7) is 8.64. The van der Waals surface area contributed by atoms with E-state index in [0.717, 1.165) is 23.9 Å². The molecule has 186 valence electrons. The summed E-state index contributed by atoms with van der Waals surface area (Å²) in [6.07, 6.45) is 3.63. The predicted octanol–water partition coefficient (Wildman–Crippen LogP) is 2.18. The van der Waals surface area contributed by atoms with Gasteiger partial charge < -0.3 is 15.1 Å². The molecule has 0 unspecified atom stereocenters. The Kier molecular flexibility index (Phi) is 9.01. The maximum Gasteiger partial charge on any atom is 0.414 e. The van der Waals surface area contributed by atoms with Crippen LogP contribution in [0.25, 0.3) is 10.8 Å². The predicted molar refractivity (Wildman–Crippen MR) is 129 cm³/mol. The number of sulfonamides is 1. The highest BCUT2D eigenvalue weighted by Gasteiger charge is 2.32. The highest BCUT2D eigenvalue weighted by atomic mass is 32.2. The van der Waals surface area contributed by atoms with E-state index in [-0.39, 0.29) is 0 Å². The topological polar surface area (TPSA) is 118 Å². The Morgan fingerprint density at radius 2 is 1.47 bits per heavy atom. The standard InChI is InChI=1S/C22H31N3O2S.C2H2O4/c1-2-11-23-12-9-21(10-13-23)24-14-16-25(17-15-24)28(26,27)22-8-7-19-5-3-4-6-20(19)18-22;3-1(4)2(5)6/h3-8,18,21H,2,9-17H2,1H3;(H,3,4)(H,5,6). The van der Waals surface area contributed by atoms with Crippen molar-refractivity contribution < 1.29 is 28.2 Å². The lowest BCUT2D eigenvalue weighted by molar-refractivity contribution is -0.159. The van der Waals surface area contributed by atoms with Gasteiger partial charge in [0.1, 0.15) is 0 Å². The van der Waals surface area contributed by atoms with E-state index in [1.54, 1.807) is 16.4 Å². The summed E-state index contributed by atoms with van der Waals surface area (Å²) in [7, 11) is -3.43. The number of hydrogen-bond acceptors (Lipinski definition) is 6. The Hall–Kier alpha value is -2.53. The van der Waals surface area contributed by atoms with Crippen molar-refractivity contribution in [3.05, 3.63) is 42.5 Å². The SMILES string of the molecule is CCCN1CCC(N2CCN(S(=O)(=O)c3ccc4ccccc4c3)CC2)CC1.O=C(O)C(=O)O. The molecule has 2 aromatic rings. The van der Waals surface area contributed by atoms with E-state index < -0.39 is 22.0 Å². The van der Waals surface area contributed by atoms with Crippen LogP contribution in [0.1, 0.15) is 26.2 Å². The van der Waals surface area contributed by atoms with Crippen molar-refractivity contribution in [3.63, 3.8) is 0 Å². The van der Waals surface area contributed by atoms with Crippen LogP contribution in [0.2, 0.25) is 0 Å². The fourth-order valence-corrected chi connectivity index (χ4v) is 6.07. The lowest BCUT2D eigenvalue weighted by Gasteiger charge is -2.42. The zero-order valence-corrected chi connectivity index (χ0v) is 20.3. The van der Waals surface area contributed by atoms with Crippen molar-refractivity contribution in [3.8, 4) is 0 Å². The van der Waals surface area contributed by atoms with Crippen molar-refractivity contribution in [1.82, 2.24) is 14.1 Å². The fraction of sp³-hybridized carbons (Fsp3) is 0.500. The van der Waals surface area contributed by atoms with Gasteiger partial charge in [-0.15, -0.1) is 0 Å². The van der Waals surface area contributed by atoms with Gasteiger partial charge >= 0.3 is 11.9 Å². The highest BCUT2D eigenvalue weighted by Crippen LogP contribution is 2.24. The summed E-state index contributed by atoms with van der Waals surface area (Å²) >= 11 is 0. The van der Waals surface area contributed by atoms with Crippen LogP contribution in [0, 0.1) is 0 Å². The van der Waals surface area contributed by atoms with E-state index in [2.05, 4.69) is 16.7 Å². The molecule has 0 aromatic heterocycles. The molecular formula is C24H33N3O6S. The lowest BCUT2D eigenvalue weighted by Crippen LogP contribution is -2.54. The van der Waals surface area contributed by atoms with Crippen LogP contribution < -0.4 is 0 Å². The first-order valence-corrected chi connectivity index (χ1v) is 13.1. The zero-order chi connectivity index (χ0) is 24.7. The number of benzene rings is 2. The van der Waals surface area contributed by atoms with E-state index in [9.17, 15) is 8.42 Å². The largest absolute Gasteiger partial charge is 0.473 e. The number of piperidine rings is 1. The monoisotopic (exact) mass is 491 g/mol. The average Bonchev–Trinajstić information content (AvgIpc) is 2.85. The average molecular weight is 492 g/mol. The Morgan fingerprint density at radius 3 is 2.03 bits per heavy atom. The molecule has 2 aliphatic rings. The minimum absolute atomic E-state index is 0.410. The van der Waals surface area contributed by atoms with Gasteiger partial charge in [-0.1, -0.05) is 37.3 Å². The molecule has 2 aromatic carbocycles. The molecule has 2 aliphatic heterocycles. The quantitative estimate of drug-likeness (QED) is 0.611. The summed E-state index contributed by atoms with van der Waals surface area (Å²) in [5.41, 5.74) is 0. The van der Waals surface area contributed by atoms with Crippen molar-refractivity contribution in [2.75, 3.05) is 45.8 Å². The molecule has 0 atom stereocenters. The smallest absolute Gasteiger partial charge is 0.414 e. The first-order chi connectivity index (χ1) is 16.2. The molecule has 0 amide bonds. The van der Waals surface area contributed by atoms with Gasteiger partial charge in [0.05, 0.1) is 4.90 Å². The third-order valence-electron chi connectivity index (χ3n) is 6.43. The van der Waals surface area contributed by atoms with E-state index in [4.69, 9.17) is 19.8 Å². The fourth-order valence-electron chi connectivity index (χ4n) is 4.61. The summed E-state index contributed by atoms with van der Waals surface area (Å²) in [5.74, 6) is -3.65. The molecule has 2 fully saturated rings. The van der Waals surface area contributed by atoms with E-state index in [1.807, 2.05) is 30.3 Å². The normalized spacial score (nSPS) is 18.9. The van der Waals surface area contributed by atoms with Crippen LogP contribution in [0.3, 0.4) is 0 Å². The Labute approximate surface area is 200 Å². The Morgan fingerprint density at radius 1 is 0.882 bits per heavy atom. The number of fused-ring (bicyclic) bond motifs is 1. The summed E-state index contributed by atoms with van der Waals surface area (Å²) in [6, 6.07) is 14.0. The molecule has 10 heteroatoms. The van der Waals surface area contributed by atoms with Crippen LogP contribution in [0.5, 0.6) is 0 Å². The minimum Gasteiger partial charge on any atom is -0.473 e. The summed E-state index contributed by atoms with van der Waals surface area (Å²) in [5, 5.41) is 16.8. The molecule has 9 nitrogen and oxygen atoms in total. The highest BCUT2D eigenvalue weighted by molar-refractivity contribution is 7.89. The van der Waals surface area contributed by atoms with E-state index in [0.29, 0.717) is 24.0 Å². The van der Waals surface area contributed by atoms with Gasteiger partial charge in [-0.3, -0.25) is 4.90 Å². The van der Waals surface area contributed by atoms with Gasteiger partial charge in [0.25, 0.3) is 0 Å². The number of aliphatic carboxylic acids is 2. The van der Waals surface area contributed by atoms with Crippen LogP contribution in [-0.4, -0.2) is 96.5 Å². The second-order valence-corrected chi connectivity index (χ2v) is 10.6. The molecule has 0 saturated carbocycles. The number of rotatable bonds is 5. The molecule has 2 N–H and O–H groups in total. The van der Waals surface area contributed by atoms with Gasteiger partial charge in [0.15, 0.2) is 0 Å². The van der Waals surface area contributed by atoms with Crippen LogP contribution in [0.4, 0.5) is 0 Å². The van der Waals surface area contributed by atoms with Crippen LogP contribution >= 0.6 is 0 Å². The van der Waals surface area contributed by atoms with Crippen LogP contribution in [0.15, 0.2) is 47.4 Å². The van der Waals surface area contributed by atoms with Crippen molar-refractivity contribution in [2.24, 2.45) is 0 Å². The molecule has 0 aliphatic carbocycles. The van der Waals surface area contributed by atoms with Crippen molar-refractivity contribution in [2.45, 2.75) is 37.1 Å². The number of carboxylic acid groups (broad SMARTS) is 2. The maximum absolute atomic E-state index is 13.1. The van der Waals surface area contributed by atoms with Gasteiger partial charge in [-0.05, 0) is 61.8 Å². The van der Waals surface area contributed by atoms with Crippen LogP contribution in [-0.2, 0) is 19.6 Å². The number of carboxylic acids is 2. The molecule has 2 saturated heterocycles. The first kappa shape index (κ1) is 26.1. The number of hydrogen-bond donors (Lipinski definition) is 2. The molecule has 34 heavy (non-hydrogen) atoms. The Balaban J connectivity index is 0.000000481. The summed E-state index contributed by atoms with van der Waals surface area (Å²) < 4.78 is 27.9. The summed E-state index contributed by atoms with van der Waals surface area (Å²) in [4.78, 5) is 23.7. The van der Waals surface area contributed by atoms with E-state index in [1.165, 1.54) is 38.9 Å². The molecule has 4 rings (SSSR count). The lowest BCUT2D eigenvalue weighted by atomic mass is 10.0.